The third-order valence-electron chi connectivity index (χ3n) is 4.87. The summed E-state index contributed by atoms with van der Waals surface area (Å²) >= 11 is 6.06. The Balaban J connectivity index is 1.74. The lowest BCUT2D eigenvalue weighted by molar-refractivity contribution is -0.344. The number of halogens is 2. The van der Waals surface area contributed by atoms with E-state index in [0.717, 1.165) is 0 Å². The number of imidazole rings is 1. The highest BCUT2D eigenvalue weighted by Crippen LogP contribution is 2.45. The average molecular weight is 405 g/mol. The van der Waals surface area contributed by atoms with Crippen LogP contribution in [0.3, 0.4) is 0 Å². The van der Waals surface area contributed by atoms with E-state index in [2.05, 4.69) is 15.0 Å². The van der Waals surface area contributed by atoms with Crippen LogP contribution in [0.2, 0.25) is 5.15 Å². The van der Waals surface area contributed by atoms with Gasteiger partial charge in [0.15, 0.2) is 16.9 Å². The number of alkyl halides is 1. The molecule has 1 aliphatic rings. The fraction of sp³-hybridized carbons (Fsp3) is 0.368. The molecule has 3 atom stereocenters. The van der Waals surface area contributed by atoms with E-state index in [-0.39, 0.29) is 11.1 Å². The van der Waals surface area contributed by atoms with E-state index in [1.165, 1.54) is 17.2 Å². The smallest absolute Gasteiger partial charge is 0.338 e. The second-order valence-corrected chi connectivity index (χ2v) is 7.31. The Hall–Kier alpha value is -2.58. The number of benzene rings is 1. The summed E-state index contributed by atoms with van der Waals surface area (Å²) in [5.41, 5.74) is -0.556. The van der Waals surface area contributed by atoms with Crippen LogP contribution in [0.15, 0.2) is 43.0 Å². The van der Waals surface area contributed by atoms with Gasteiger partial charge in [-0.25, -0.2) is 24.1 Å². The Bertz CT molecular complexity index is 1010. The van der Waals surface area contributed by atoms with Gasteiger partial charge in [-0.3, -0.25) is 4.57 Å². The molecule has 0 N–H and O–H groups in total. The minimum Gasteiger partial charge on any atom is -0.451 e. The minimum absolute atomic E-state index is 0.00116. The minimum atomic E-state index is -1.56. The van der Waals surface area contributed by atoms with Crippen LogP contribution >= 0.6 is 11.6 Å². The SMILES string of the molecule is CC(C)[C@H]1OC(CF)(n2cnc3c(Cl)ncnc32)[C@@H]1OC(=O)c1ccccc1. The fourth-order valence-corrected chi connectivity index (χ4v) is 3.58. The summed E-state index contributed by atoms with van der Waals surface area (Å²) < 4.78 is 27.5. The maximum absolute atomic E-state index is 14.4. The molecule has 1 fully saturated rings. The lowest BCUT2D eigenvalue weighted by Gasteiger charge is -2.53. The van der Waals surface area contributed by atoms with E-state index in [0.29, 0.717) is 16.7 Å². The molecule has 0 aliphatic carbocycles. The number of carbonyl (C=O) groups excluding carboxylic acids is 1. The molecule has 0 amide bonds. The molecule has 1 saturated heterocycles. The Morgan fingerprint density at radius 1 is 1.32 bits per heavy atom. The predicted octanol–water partition coefficient (Wildman–Crippen LogP) is 3.38. The maximum Gasteiger partial charge on any atom is 0.338 e. The Labute approximate surface area is 165 Å². The van der Waals surface area contributed by atoms with Gasteiger partial charge in [0.25, 0.3) is 0 Å². The zero-order chi connectivity index (χ0) is 19.9. The summed E-state index contributed by atoms with van der Waals surface area (Å²) in [4.78, 5) is 24.8. The molecule has 28 heavy (non-hydrogen) atoms. The summed E-state index contributed by atoms with van der Waals surface area (Å²) in [6, 6.07) is 8.55. The van der Waals surface area contributed by atoms with Crippen LogP contribution in [0.5, 0.6) is 0 Å². The Morgan fingerprint density at radius 3 is 2.75 bits per heavy atom. The van der Waals surface area contributed by atoms with Crippen molar-refractivity contribution in [2.24, 2.45) is 5.92 Å². The molecule has 1 aromatic carbocycles. The van der Waals surface area contributed by atoms with Gasteiger partial charge < -0.3 is 9.47 Å². The van der Waals surface area contributed by atoms with Gasteiger partial charge >= 0.3 is 5.97 Å². The number of rotatable bonds is 5. The van der Waals surface area contributed by atoms with Crippen LogP contribution in [0.1, 0.15) is 24.2 Å². The standard InChI is InChI=1S/C19H18ClFN4O3/c1-11(2)14-15(27-18(26)12-6-4-3-5-7-12)19(8-21,28-14)25-10-24-13-16(20)22-9-23-17(13)25/h3-7,9-11,14-15H,8H2,1-2H3/t14-,15-,19?/m1/s1. The first-order valence-corrected chi connectivity index (χ1v) is 9.19. The maximum atomic E-state index is 14.4. The molecule has 1 unspecified atom stereocenters. The highest BCUT2D eigenvalue weighted by molar-refractivity contribution is 6.33. The van der Waals surface area contributed by atoms with Crippen LogP contribution < -0.4 is 0 Å². The Morgan fingerprint density at radius 2 is 2.07 bits per heavy atom. The third-order valence-corrected chi connectivity index (χ3v) is 5.15. The normalized spacial score (nSPS) is 24.3. The molecule has 0 radical (unpaired) electrons. The zero-order valence-corrected chi connectivity index (χ0v) is 16.0. The van der Waals surface area contributed by atoms with Crippen LogP contribution in [0, 0.1) is 5.92 Å². The van der Waals surface area contributed by atoms with Crippen molar-refractivity contribution < 1.29 is 18.7 Å². The van der Waals surface area contributed by atoms with Crippen LogP contribution in [0.4, 0.5) is 4.39 Å². The van der Waals surface area contributed by atoms with Crippen molar-refractivity contribution in [3.63, 3.8) is 0 Å². The van der Waals surface area contributed by atoms with Crippen LogP contribution in [0.25, 0.3) is 11.2 Å². The third kappa shape index (κ3) is 2.84. The quantitative estimate of drug-likeness (QED) is 0.479. The van der Waals surface area contributed by atoms with Gasteiger partial charge in [-0.05, 0) is 18.1 Å². The first-order valence-electron chi connectivity index (χ1n) is 8.82. The number of esters is 1. The number of ether oxygens (including phenoxy) is 2. The molecular formula is C19H18ClFN4O3. The molecule has 3 aromatic rings. The first kappa shape index (κ1) is 18.8. The van der Waals surface area contributed by atoms with Gasteiger partial charge in [0, 0.05) is 0 Å². The van der Waals surface area contributed by atoms with Crippen LogP contribution in [-0.4, -0.2) is 44.4 Å². The molecule has 4 rings (SSSR count). The number of fused-ring (bicyclic) bond motifs is 1. The first-order chi connectivity index (χ1) is 13.5. The van der Waals surface area contributed by atoms with Crippen LogP contribution in [-0.2, 0) is 15.2 Å². The van der Waals surface area contributed by atoms with E-state index >= 15 is 0 Å². The largest absolute Gasteiger partial charge is 0.451 e. The highest BCUT2D eigenvalue weighted by atomic mass is 35.5. The predicted molar refractivity (Wildman–Crippen MR) is 99.6 cm³/mol. The van der Waals surface area contributed by atoms with E-state index in [4.69, 9.17) is 21.1 Å². The second-order valence-electron chi connectivity index (χ2n) is 6.95. The molecule has 3 heterocycles. The van der Waals surface area contributed by atoms with Crippen molar-refractivity contribution in [2.75, 3.05) is 6.67 Å². The lowest BCUT2D eigenvalue weighted by Crippen LogP contribution is -2.69. The number of hydrogen-bond acceptors (Lipinski definition) is 6. The second kappa shape index (κ2) is 7.10. The van der Waals surface area contributed by atoms with E-state index in [1.807, 2.05) is 13.8 Å². The van der Waals surface area contributed by atoms with Gasteiger partial charge in [0.2, 0.25) is 5.72 Å². The molecule has 0 saturated carbocycles. The Kier molecular flexibility index (Phi) is 4.76. The summed E-state index contributed by atoms with van der Waals surface area (Å²) in [6.45, 7) is 2.90. The van der Waals surface area contributed by atoms with Crippen molar-refractivity contribution in [3.05, 3.63) is 53.7 Å². The lowest BCUT2D eigenvalue weighted by atomic mass is 9.86. The number of nitrogens with zero attached hydrogens (tertiary/aromatic N) is 4. The van der Waals surface area contributed by atoms with E-state index in [9.17, 15) is 9.18 Å². The van der Waals surface area contributed by atoms with Gasteiger partial charge in [-0.2, -0.15) is 0 Å². The van der Waals surface area contributed by atoms with Gasteiger partial charge in [0.05, 0.1) is 11.9 Å². The van der Waals surface area contributed by atoms with Gasteiger partial charge in [0.1, 0.15) is 24.6 Å². The van der Waals surface area contributed by atoms with Crippen molar-refractivity contribution in [1.82, 2.24) is 19.5 Å². The van der Waals surface area contributed by atoms with E-state index in [1.54, 1.807) is 30.3 Å². The monoisotopic (exact) mass is 404 g/mol. The molecule has 7 nitrogen and oxygen atoms in total. The topological polar surface area (TPSA) is 79.1 Å². The van der Waals surface area contributed by atoms with Crippen molar-refractivity contribution >= 4 is 28.7 Å². The highest BCUT2D eigenvalue weighted by Gasteiger charge is 2.61. The number of aromatic nitrogens is 4. The van der Waals surface area contributed by atoms with Crippen molar-refractivity contribution in [1.29, 1.82) is 0 Å². The molecule has 1 aliphatic heterocycles. The van der Waals surface area contributed by atoms with E-state index < -0.39 is 30.6 Å². The summed E-state index contributed by atoms with van der Waals surface area (Å²) in [5, 5.41) is 0.148. The number of carbonyl (C=O) groups is 1. The molecule has 146 valence electrons. The molecule has 0 bridgehead atoms. The molecule has 0 spiro atoms. The molecule has 9 heteroatoms. The van der Waals surface area contributed by atoms with Gasteiger partial charge in [-0.15, -0.1) is 0 Å². The zero-order valence-electron chi connectivity index (χ0n) is 15.3. The molecule has 2 aromatic heterocycles. The van der Waals surface area contributed by atoms with Crippen molar-refractivity contribution in [2.45, 2.75) is 31.8 Å². The summed E-state index contributed by atoms with van der Waals surface area (Å²) in [5.74, 6) is -0.546. The summed E-state index contributed by atoms with van der Waals surface area (Å²) in [6.07, 6.45) is 1.30. The fourth-order valence-electron chi connectivity index (χ4n) is 3.40. The summed E-state index contributed by atoms with van der Waals surface area (Å²) in [7, 11) is 0. The number of hydrogen-bond donors (Lipinski definition) is 0. The average Bonchev–Trinajstić information content (AvgIpc) is 3.12. The van der Waals surface area contributed by atoms with Gasteiger partial charge in [-0.1, -0.05) is 43.6 Å². The molecular weight excluding hydrogens is 387 g/mol. The van der Waals surface area contributed by atoms with Crippen molar-refractivity contribution in [3.8, 4) is 0 Å².